The Balaban J connectivity index is 2.30. The molecule has 1 heterocycles. The van der Waals surface area contributed by atoms with Gasteiger partial charge in [-0.25, -0.2) is 4.79 Å². The fourth-order valence-electron chi connectivity index (χ4n) is 1.93. The number of rotatable bonds is 8. The average molecular weight is 282 g/mol. The lowest BCUT2D eigenvalue weighted by atomic mass is 10.0. The first-order valence-electron chi connectivity index (χ1n) is 6.82. The number of amides is 2. The summed E-state index contributed by atoms with van der Waals surface area (Å²) in [4.78, 5) is 22.6. The first kappa shape index (κ1) is 16.1. The summed E-state index contributed by atoms with van der Waals surface area (Å²) in [5.74, 6) is -0.617. The molecule has 6 nitrogen and oxygen atoms in total. The van der Waals surface area contributed by atoms with Gasteiger partial charge in [0, 0.05) is 19.0 Å². The first-order valence-corrected chi connectivity index (χ1v) is 6.82. The summed E-state index contributed by atoms with van der Waals surface area (Å²) in [6.45, 7) is 3.92. The molecule has 1 aromatic heterocycles. The van der Waals surface area contributed by atoms with E-state index in [-0.39, 0.29) is 18.6 Å². The van der Waals surface area contributed by atoms with E-state index in [0.29, 0.717) is 12.8 Å². The van der Waals surface area contributed by atoms with Crippen molar-refractivity contribution in [1.82, 2.24) is 10.6 Å². The highest BCUT2D eigenvalue weighted by molar-refractivity contribution is 5.76. The summed E-state index contributed by atoms with van der Waals surface area (Å²) in [5.41, 5.74) is 0. The lowest BCUT2D eigenvalue weighted by Gasteiger charge is -2.16. The van der Waals surface area contributed by atoms with Gasteiger partial charge in [-0.3, -0.25) is 4.79 Å². The second-order valence-electron chi connectivity index (χ2n) is 4.86. The molecular formula is C14H22N2O4. The van der Waals surface area contributed by atoms with E-state index >= 15 is 0 Å². The number of carbonyl (C=O) groups is 2. The summed E-state index contributed by atoms with van der Waals surface area (Å²) in [6, 6.07) is 3.20. The third-order valence-corrected chi connectivity index (χ3v) is 2.96. The van der Waals surface area contributed by atoms with Crippen LogP contribution in [0.2, 0.25) is 0 Å². The standard InChI is InChI=1S/C14H22N2O4/c1-3-5-11(13(17)18)9-15-14(19)16-10(2)8-12-6-4-7-20-12/h4,6-7,10-11H,3,5,8-9H2,1-2H3,(H,17,18)(H2,15,16,19). The Morgan fingerprint density at radius 2 is 2.20 bits per heavy atom. The van der Waals surface area contributed by atoms with Crippen molar-refractivity contribution >= 4 is 12.0 Å². The Bertz CT molecular complexity index is 417. The molecule has 0 radical (unpaired) electrons. The van der Waals surface area contributed by atoms with Crippen molar-refractivity contribution in [2.24, 2.45) is 5.92 Å². The number of urea groups is 1. The van der Waals surface area contributed by atoms with Crippen LogP contribution in [0.5, 0.6) is 0 Å². The highest BCUT2D eigenvalue weighted by Gasteiger charge is 2.17. The molecule has 3 N–H and O–H groups in total. The van der Waals surface area contributed by atoms with E-state index in [4.69, 9.17) is 9.52 Å². The lowest BCUT2D eigenvalue weighted by Crippen LogP contribution is -2.44. The Kier molecular flexibility index (Phi) is 6.63. The predicted molar refractivity (Wildman–Crippen MR) is 74.4 cm³/mol. The van der Waals surface area contributed by atoms with Crippen LogP contribution in [0.1, 0.15) is 32.4 Å². The van der Waals surface area contributed by atoms with Crippen LogP contribution in [0.4, 0.5) is 4.79 Å². The molecule has 0 saturated heterocycles. The zero-order valence-corrected chi connectivity index (χ0v) is 11.9. The maximum absolute atomic E-state index is 11.7. The molecule has 0 aliphatic heterocycles. The number of nitrogens with one attached hydrogen (secondary N) is 2. The SMILES string of the molecule is CCCC(CNC(=O)NC(C)Cc1ccco1)C(=O)O. The number of carboxylic acid groups (broad SMARTS) is 1. The van der Waals surface area contributed by atoms with Crippen molar-refractivity contribution in [2.75, 3.05) is 6.54 Å². The number of hydrogen-bond donors (Lipinski definition) is 3. The van der Waals surface area contributed by atoms with E-state index in [2.05, 4.69) is 10.6 Å². The van der Waals surface area contributed by atoms with Gasteiger partial charge in [0.2, 0.25) is 0 Å². The highest BCUT2D eigenvalue weighted by Crippen LogP contribution is 2.05. The van der Waals surface area contributed by atoms with Crippen LogP contribution >= 0.6 is 0 Å². The first-order chi connectivity index (χ1) is 9.52. The molecule has 112 valence electrons. The van der Waals surface area contributed by atoms with Crippen molar-refractivity contribution in [3.63, 3.8) is 0 Å². The topological polar surface area (TPSA) is 91.6 Å². The van der Waals surface area contributed by atoms with E-state index in [1.165, 1.54) is 0 Å². The zero-order chi connectivity index (χ0) is 15.0. The summed E-state index contributed by atoms with van der Waals surface area (Å²) >= 11 is 0. The fraction of sp³-hybridized carbons (Fsp3) is 0.571. The summed E-state index contributed by atoms with van der Waals surface area (Å²) in [6.07, 6.45) is 3.51. The smallest absolute Gasteiger partial charge is 0.315 e. The van der Waals surface area contributed by atoms with E-state index in [1.54, 1.807) is 12.3 Å². The minimum absolute atomic E-state index is 0.0874. The maximum Gasteiger partial charge on any atom is 0.315 e. The molecule has 0 saturated carbocycles. The van der Waals surface area contributed by atoms with Gasteiger partial charge < -0.3 is 20.2 Å². The van der Waals surface area contributed by atoms with Crippen LogP contribution in [0.3, 0.4) is 0 Å². The molecule has 0 aromatic carbocycles. The summed E-state index contributed by atoms with van der Waals surface area (Å²) in [7, 11) is 0. The van der Waals surface area contributed by atoms with Gasteiger partial charge >= 0.3 is 12.0 Å². The van der Waals surface area contributed by atoms with Gasteiger partial charge in [0.15, 0.2) is 0 Å². The summed E-state index contributed by atoms with van der Waals surface area (Å²) in [5, 5.41) is 14.3. The monoisotopic (exact) mass is 282 g/mol. The molecular weight excluding hydrogens is 260 g/mol. The van der Waals surface area contributed by atoms with Crippen LogP contribution < -0.4 is 10.6 Å². The molecule has 2 amide bonds. The zero-order valence-electron chi connectivity index (χ0n) is 11.9. The largest absolute Gasteiger partial charge is 0.481 e. The van der Waals surface area contributed by atoms with Crippen molar-refractivity contribution in [3.8, 4) is 0 Å². The Labute approximate surface area is 118 Å². The lowest BCUT2D eigenvalue weighted by molar-refractivity contribution is -0.141. The van der Waals surface area contributed by atoms with Crippen molar-refractivity contribution in [3.05, 3.63) is 24.2 Å². The van der Waals surface area contributed by atoms with Crippen LogP contribution in [-0.2, 0) is 11.2 Å². The van der Waals surface area contributed by atoms with Gasteiger partial charge in [-0.1, -0.05) is 13.3 Å². The molecule has 20 heavy (non-hydrogen) atoms. The van der Waals surface area contributed by atoms with Crippen LogP contribution in [-0.4, -0.2) is 29.7 Å². The van der Waals surface area contributed by atoms with Gasteiger partial charge in [-0.05, 0) is 25.5 Å². The van der Waals surface area contributed by atoms with Gasteiger partial charge in [0.1, 0.15) is 5.76 Å². The van der Waals surface area contributed by atoms with Gasteiger partial charge in [-0.2, -0.15) is 0 Å². The number of hydrogen-bond acceptors (Lipinski definition) is 3. The molecule has 0 bridgehead atoms. The Morgan fingerprint density at radius 3 is 2.75 bits per heavy atom. The van der Waals surface area contributed by atoms with Gasteiger partial charge in [0.05, 0.1) is 12.2 Å². The third-order valence-electron chi connectivity index (χ3n) is 2.96. The number of aliphatic carboxylic acids is 1. The third kappa shape index (κ3) is 5.77. The predicted octanol–water partition coefficient (Wildman–Crippen LogP) is 2.01. The van der Waals surface area contributed by atoms with Crippen molar-refractivity contribution in [2.45, 2.75) is 39.2 Å². The maximum atomic E-state index is 11.7. The van der Waals surface area contributed by atoms with Crippen LogP contribution in [0, 0.1) is 5.92 Å². The Morgan fingerprint density at radius 1 is 1.45 bits per heavy atom. The number of carboxylic acids is 1. The van der Waals surface area contributed by atoms with Crippen molar-refractivity contribution < 1.29 is 19.1 Å². The molecule has 6 heteroatoms. The number of furan rings is 1. The van der Waals surface area contributed by atoms with E-state index in [0.717, 1.165) is 12.2 Å². The highest BCUT2D eigenvalue weighted by atomic mass is 16.4. The second-order valence-corrected chi connectivity index (χ2v) is 4.86. The molecule has 0 aliphatic carbocycles. The van der Waals surface area contributed by atoms with E-state index < -0.39 is 11.9 Å². The molecule has 0 aliphatic rings. The van der Waals surface area contributed by atoms with Gasteiger partial charge in [0.25, 0.3) is 0 Å². The Hall–Kier alpha value is -1.98. The van der Waals surface area contributed by atoms with Gasteiger partial charge in [-0.15, -0.1) is 0 Å². The molecule has 0 spiro atoms. The molecule has 2 unspecified atom stereocenters. The summed E-state index contributed by atoms with van der Waals surface area (Å²) < 4.78 is 5.20. The van der Waals surface area contributed by atoms with Crippen LogP contribution in [0.15, 0.2) is 22.8 Å². The minimum atomic E-state index is -0.879. The molecule has 1 aromatic rings. The van der Waals surface area contributed by atoms with E-state index in [1.807, 2.05) is 19.9 Å². The fourth-order valence-corrected chi connectivity index (χ4v) is 1.93. The molecule has 0 fully saturated rings. The quantitative estimate of drug-likeness (QED) is 0.680. The normalized spacial score (nSPS) is 13.5. The van der Waals surface area contributed by atoms with E-state index in [9.17, 15) is 9.59 Å². The second kappa shape index (κ2) is 8.24. The number of carbonyl (C=O) groups excluding carboxylic acids is 1. The van der Waals surface area contributed by atoms with Crippen molar-refractivity contribution in [1.29, 1.82) is 0 Å². The molecule has 2 atom stereocenters. The molecule has 1 rings (SSSR count). The minimum Gasteiger partial charge on any atom is -0.481 e. The average Bonchev–Trinajstić information content (AvgIpc) is 2.86. The van der Waals surface area contributed by atoms with Crippen LogP contribution in [0.25, 0.3) is 0 Å².